The smallest absolute Gasteiger partial charge is 0.327 e. The monoisotopic (exact) mass is 206 g/mol. The molecule has 0 N–H and O–H groups in total. The third kappa shape index (κ3) is 2.60. The van der Waals surface area contributed by atoms with Gasteiger partial charge < -0.3 is 4.74 Å². The first-order valence-electron chi connectivity index (χ1n) is 4.59. The number of nitrogens with zero attached hydrogens (tertiary/aromatic N) is 2. The number of hydrogen-bond acceptors (Lipinski definition) is 5. The standard InChI is InChI=1S/C10H10N2O3/c13-9-6-12(7-10(14)15-9)5-8-1-3-11-4-2-8/h1-4H,5-7H2. The molecule has 1 aromatic rings. The Bertz CT molecular complexity index is 362. The summed E-state index contributed by atoms with van der Waals surface area (Å²) in [6, 6.07) is 3.70. The lowest BCUT2D eigenvalue weighted by Gasteiger charge is -2.23. The van der Waals surface area contributed by atoms with Crippen LogP contribution in [0.15, 0.2) is 24.5 Å². The molecule has 5 nitrogen and oxygen atoms in total. The summed E-state index contributed by atoms with van der Waals surface area (Å²) < 4.78 is 4.42. The summed E-state index contributed by atoms with van der Waals surface area (Å²) in [6.07, 6.45) is 3.36. The first kappa shape index (κ1) is 9.79. The average Bonchev–Trinajstić information content (AvgIpc) is 2.17. The molecule has 2 heterocycles. The van der Waals surface area contributed by atoms with Gasteiger partial charge in [-0.05, 0) is 17.7 Å². The molecule has 15 heavy (non-hydrogen) atoms. The van der Waals surface area contributed by atoms with Crippen LogP contribution in [0, 0.1) is 0 Å². The minimum atomic E-state index is -0.486. The van der Waals surface area contributed by atoms with Crippen LogP contribution in [0.2, 0.25) is 0 Å². The van der Waals surface area contributed by atoms with Crippen LogP contribution in [0.5, 0.6) is 0 Å². The van der Waals surface area contributed by atoms with Crippen LogP contribution in [0.25, 0.3) is 0 Å². The Hall–Kier alpha value is -1.75. The number of pyridine rings is 1. The number of esters is 2. The van der Waals surface area contributed by atoms with E-state index < -0.39 is 11.9 Å². The number of carbonyl (C=O) groups is 2. The fourth-order valence-corrected chi connectivity index (χ4v) is 1.47. The van der Waals surface area contributed by atoms with Gasteiger partial charge >= 0.3 is 11.9 Å². The first-order chi connectivity index (χ1) is 7.24. The van der Waals surface area contributed by atoms with Crippen molar-refractivity contribution in [2.45, 2.75) is 6.54 Å². The Morgan fingerprint density at radius 2 is 1.80 bits per heavy atom. The van der Waals surface area contributed by atoms with Crippen LogP contribution in [0.4, 0.5) is 0 Å². The first-order valence-corrected chi connectivity index (χ1v) is 4.59. The number of cyclic esters (lactones) is 2. The normalized spacial score (nSPS) is 17.6. The largest absolute Gasteiger partial charge is 0.391 e. The van der Waals surface area contributed by atoms with E-state index >= 15 is 0 Å². The van der Waals surface area contributed by atoms with Crippen molar-refractivity contribution < 1.29 is 14.3 Å². The Morgan fingerprint density at radius 3 is 2.40 bits per heavy atom. The predicted molar refractivity (Wildman–Crippen MR) is 50.6 cm³/mol. The lowest BCUT2D eigenvalue weighted by atomic mass is 10.2. The van der Waals surface area contributed by atoms with Crippen molar-refractivity contribution in [2.24, 2.45) is 0 Å². The maximum atomic E-state index is 11.0. The Balaban J connectivity index is 2.00. The molecule has 0 aromatic carbocycles. The molecular formula is C10H10N2O3. The molecule has 0 aliphatic carbocycles. The van der Waals surface area contributed by atoms with E-state index in [1.165, 1.54) is 0 Å². The van der Waals surface area contributed by atoms with Crippen molar-refractivity contribution in [2.75, 3.05) is 13.1 Å². The lowest BCUT2D eigenvalue weighted by molar-refractivity contribution is -0.167. The average molecular weight is 206 g/mol. The zero-order chi connectivity index (χ0) is 10.7. The molecule has 0 saturated carbocycles. The second kappa shape index (κ2) is 4.18. The molecule has 0 unspecified atom stereocenters. The van der Waals surface area contributed by atoms with Crippen molar-refractivity contribution in [1.82, 2.24) is 9.88 Å². The Morgan fingerprint density at radius 1 is 1.20 bits per heavy atom. The van der Waals surface area contributed by atoms with E-state index in [9.17, 15) is 9.59 Å². The fourth-order valence-electron chi connectivity index (χ4n) is 1.47. The number of aromatic nitrogens is 1. The van der Waals surface area contributed by atoms with Gasteiger partial charge in [0.05, 0.1) is 13.1 Å². The summed E-state index contributed by atoms with van der Waals surface area (Å²) in [4.78, 5) is 27.6. The minimum absolute atomic E-state index is 0.161. The topological polar surface area (TPSA) is 59.5 Å². The van der Waals surface area contributed by atoms with Crippen molar-refractivity contribution in [3.8, 4) is 0 Å². The molecule has 5 heteroatoms. The third-order valence-electron chi connectivity index (χ3n) is 2.09. The van der Waals surface area contributed by atoms with Gasteiger partial charge in [0.15, 0.2) is 0 Å². The SMILES string of the molecule is O=C1CN(Cc2ccncc2)CC(=O)O1. The molecule has 1 aliphatic heterocycles. The molecular weight excluding hydrogens is 196 g/mol. The van der Waals surface area contributed by atoms with Gasteiger partial charge in [-0.3, -0.25) is 19.5 Å². The number of rotatable bonds is 2. The van der Waals surface area contributed by atoms with Crippen molar-refractivity contribution in [1.29, 1.82) is 0 Å². The van der Waals surface area contributed by atoms with Gasteiger partial charge in [-0.25, -0.2) is 0 Å². The highest BCUT2D eigenvalue weighted by molar-refractivity contribution is 5.90. The van der Waals surface area contributed by atoms with E-state index in [1.807, 2.05) is 12.1 Å². The van der Waals surface area contributed by atoms with E-state index in [2.05, 4.69) is 9.72 Å². The molecule has 0 bridgehead atoms. The molecule has 0 amide bonds. The van der Waals surface area contributed by atoms with Gasteiger partial charge in [0, 0.05) is 18.9 Å². The maximum Gasteiger partial charge on any atom is 0.327 e. The third-order valence-corrected chi connectivity index (χ3v) is 2.09. The van der Waals surface area contributed by atoms with Crippen LogP contribution < -0.4 is 0 Å². The highest BCUT2D eigenvalue weighted by atomic mass is 16.6. The number of morpholine rings is 1. The number of carbonyl (C=O) groups excluding carboxylic acids is 2. The minimum Gasteiger partial charge on any atom is -0.391 e. The van der Waals surface area contributed by atoms with Gasteiger partial charge in [-0.2, -0.15) is 0 Å². The van der Waals surface area contributed by atoms with Crippen molar-refractivity contribution in [3.05, 3.63) is 30.1 Å². The summed E-state index contributed by atoms with van der Waals surface area (Å²) in [6.45, 7) is 0.880. The summed E-state index contributed by atoms with van der Waals surface area (Å²) in [5.74, 6) is -0.972. The highest BCUT2D eigenvalue weighted by Crippen LogP contribution is 2.06. The summed E-state index contributed by atoms with van der Waals surface area (Å²) in [5, 5.41) is 0. The van der Waals surface area contributed by atoms with Gasteiger partial charge in [0.2, 0.25) is 0 Å². The summed E-state index contributed by atoms with van der Waals surface area (Å²) in [7, 11) is 0. The summed E-state index contributed by atoms with van der Waals surface area (Å²) in [5.41, 5.74) is 1.02. The van der Waals surface area contributed by atoms with E-state index in [0.29, 0.717) is 6.54 Å². The van der Waals surface area contributed by atoms with E-state index in [-0.39, 0.29) is 13.1 Å². The fraction of sp³-hybridized carbons (Fsp3) is 0.300. The lowest BCUT2D eigenvalue weighted by Crippen LogP contribution is -2.42. The Labute approximate surface area is 86.7 Å². The van der Waals surface area contributed by atoms with Crippen molar-refractivity contribution >= 4 is 11.9 Å². The molecule has 1 aromatic heterocycles. The van der Waals surface area contributed by atoms with Crippen LogP contribution in [-0.4, -0.2) is 34.9 Å². The van der Waals surface area contributed by atoms with Crippen LogP contribution in [0.1, 0.15) is 5.56 Å². The van der Waals surface area contributed by atoms with E-state index in [0.717, 1.165) is 5.56 Å². The van der Waals surface area contributed by atoms with Gasteiger partial charge in [0.25, 0.3) is 0 Å². The number of ether oxygens (including phenoxy) is 1. The van der Waals surface area contributed by atoms with Gasteiger partial charge in [0.1, 0.15) is 0 Å². The predicted octanol–water partition coefficient (Wildman–Crippen LogP) is -0.0330. The second-order valence-corrected chi connectivity index (χ2v) is 3.35. The van der Waals surface area contributed by atoms with Gasteiger partial charge in [-0.15, -0.1) is 0 Å². The highest BCUT2D eigenvalue weighted by Gasteiger charge is 2.24. The number of hydrogen-bond donors (Lipinski definition) is 0. The zero-order valence-electron chi connectivity index (χ0n) is 8.05. The quantitative estimate of drug-likeness (QED) is 0.502. The van der Waals surface area contributed by atoms with Crippen LogP contribution in [0.3, 0.4) is 0 Å². The molecule has 0 radical (unpaired) electrons. The van der Waals surface area contributed by atoms with Crippen molar-refractivity contribution in [3.63, 3.8) is 0 Å². The molecule has 1 saturated heterocycles. The molecule has 2 rings (SSSR count). The van der Waals surface area contributed by atoms with Crippen LogP contribution in [-0.2, 0) is 20.9 Å². The molecule has 78 valence electrons. The van der Waals surface area contributed by atoms with Crippen LogP contribution >= 0.6 is 0 Å². The molecule has 0 spiro atoms. The maximum absolute atomic E-state index is 11.0. The zero-order valence-corrected chi connectivity index (χ0v) is 8.05. The molecule has 1 fully saturated rings. The van der Waals surface area contributed by atoms with Gasteiger partial charge in [-0.1, -0.05) is 0 Å². The molecule has 1 aliphatic rings. The second-order valence-electron chi connectivity index (χ2n) is 3.35. The Kier molecular flexibility index (Phi) is 2.73. The van der Waals surface area contributed by atoms with E-state index in [4.69, 9.17) is 0 Å². The van der Waals surface area contributed by atoms with E-state index in [1.54, 1.807) is 17.3 Å². The molecule has 0 atom stereocenters. The summed E-state index contributed by atoms with van der Waals surface area (Å²) >= 11 is 0.